The minimum Gasteiger partial charge on any atom is -0.326 e. The van der Waals surface area contributed by atoms with Crippen LogP contribution in [0.25, 0.3) is 10.2 Å². The minimum atomic E-state index is 0. The number of fused-ring (bicyclic) bond motifs is 1. The first-order valence-corrected chi connectivity index (χ1v) is 9.60. The molecular formula is C16H22ClN3OS2. The van der Waals surface area contributed by atoms with Crippen LogP contribution in [0.15, 0.2) is 18.2 Å². The summed E-state index contributed by atoms with van der Waals surface area (Å²) in [6, 6.07) is 6.24. The molecule has 1 aromatic heterocycles. The Morgan fingerprint density at radius 1 is 1.48 bits per heavy atom. The van der Waals surface area contributed by atoms with E-state index in [1.165, 1.54) is 0 Å². The first kappa shape index (κ1) is 18.5. The summed E-state index contributed by atoms with van der Waals surface area (Å²) in [6.45, 7) is 5.29. The molecule has 23 heavy (non-hydrogen) atoms. The van der Waals surface area contributed by atoms with Crippen molar-refractivity contribution < 1.29 is 4.79 Å². The van der Waals surface area contributed by atoms with Gasteiger partial charge in [0, 0.05) is 42.1 Å². The van der Waals surface area contributed by atoms with E-state index in [0.717, 1.165) is 39.0 Å². The van der Waals surface area contributed by atoms with Crippen molar-refractivity contribution in [3.63, 3.8) is 0 Å². The predicted molar refractivity (Wildman–Crippen MR) is 103 cm³/mol. The van der Waals surface area contributed by atoms with Gasteiger partial charge in [0.15, 0.2) is 0 Å². The summed E-state index contributed by atoms with van der Waals surface area (Å²) in [4.78, 5) is 16.8. The predicted octanol–water partition coefficient (Wildman–Crippen LogP) is 3.88. The molecule has 126 valence electrons. The Morgan fingerprint density at radius 2 is 2.30 bits per heavy atom. The number of benzene rings is 1. The third-order valence-corrected chi connectivity index (χ3v) is 6.06. The zero-order valence-electron chi connectivity index (χ0n) is 13.3. The minimum absolute atomic E-state index is 0. The van der Waals surface area contributed by atoms with Crippen LogP contribution in [0.2, 0.25) is 0 Å². The molecule has 1 saturated heterocycles. The topological polar surface area (TPSA) is 54.0 Å². The van der Waals surface area contributed by atoms with E-state index in [4.69, 9.17) is 0 Å². The van der Waals surface area contributed by atoms with E-state index in [1.807, 2.05) is 30.0 Å². The summed E-state index contributed by atoms with van der Waals surface area (Å²) >= 11 is 3.61. The normalized spacial score (nSPS) is 18.0. The van der Waals surface area contributed by atoms with E-state index in [2.05, 4.69) is 29.5 Å². The number of nitrogens with zero attached hydrogens (tertiary/aromatic N) is 1. The van der Waals surface area contributed by atoms with E-state index >= 15 is 0 Å². The zero-order valence-corrected chi connectivity index (χ0v) is 15.7. The number of aromatic nitrogens is 1. The monoisotopic (exact) mass is 371 g/mol. The van der Waals surface area contributed by atoms with E-state index < -0.39 is 0 Å². The highest BCUT2D eigenvalue weighted by Gasteiger charge is 2.17. The second kappa shape index (κ2) is 8.33. The summed E-state index contributed by atoms with van der Waals surface area (Å²) < 4.78 is 1.13. The fourth-order valence-electron chi connectivity index (χ4n) is 2.45. The smallest absolute Gasteiger partial charge is 0.225 e. The molecule has 2 N–H and O–H groups in total. The molecule has 1 unspecified atom stereocenters. The average molecular weight is 372 g/mol. The number of halogens is 1. The highest BCUT2D eigenvalue weighted by atomic mass is 35.5. The van der Waals surface area contributed by atoms with Crippen molar-refractivity contribution in [2.45, 2.75) is 32.2 Å². The van der Waals surface area contributed by atoms with Crippen molar-refractivity contribution in [2.24, 2.45) is 0 Å². The van der Waals surface area contributed by atoms with E-state index in [1.54, 1.807) is 11.3 Å². The fourth-order valence-corrected chi connectivity index (χ4v) is 4.41. The largest absolute Gasteiger partial charge is 0.326 e. The van der Waals surface area contributed by atoms with Crippen LogP contribution in [0.4, 0.5) is 5.69 Å². The first-order valence-electron chi connectivity index (χ1n) is 7.63. The number of anilines is 1. The Kier molecular flexibility index (Phi) is 6.71. The maximum absolute atomic E-state index is 12.2. The van der Waals surface area contributed by atoms with Crippen molar-refractivity contribution in [3.8, 4) is 0 Å². The number of thiazole rings is 1. The molecule has 0 bridgehead atoms. The molecule has 2 aromatic rings. The molecule has 7 heteroatoms. The molecule has 1 fully saturated rings. The fraction of sp³-hybridized carbons (Fsp3) is 0.500. The van der Waals surface area contributed by atoms with Gasteiger partial charge in [-0.05, 0) is 18.2 Å². The molecule has 0 radical (unpaired) electrons. The third-order valence-electron chi connectivity index (χ3n) is 3.61. The Morgan fingerprint density at radius 3 is 3.00 bits per heavy atom. The molecule has 0 saturated carbocycles. The van der Waals surface area contributed by atoms with Gasteiger partial charge in [0.1, 0.15) is 0 Å². The number of hydrogen-bond donors (Lipinski definition) is 2. The van der Waals surface area contributed by atoms with Crippen LogP contribution in [0.1, 0.15) is 31.2 Å². The van der Waals surface area contributed by atoms with Gasteiger partial charge in [-0.2, -0.15) is 11.8 Å². The van der Waals surface area contributed by atoms with Crippen LogP contribution >= 0.6 is 35.5 Å². The molecule has 1 aliphatic heterocycles. The molecular weight excluding hydrogens is 350 g/mol. The van der Waals surface area contributed by atoms with E-state index in [9.17, 15) is 4.79 Å². The lowest BCUT2D eigenvalue weighted by molar-refractivity contribution is -0.116. The Hall–Kier alpha value is -0.820. The number of nitrogens with one attached hydrogen (secondary N) is 2. The molecule has 4 nitrogen and oxygen atoms in total. The second-order valence-corrected chi connectivity index (χ2v) is 8.08. The molecule has 3 rings (SSSR count). The van der Waals surface area contributed by atoms with Crippen molar-refractivity contribution >= 4 is 57.3 Å². The first-order chi connectivity index (χ1) is 10.6. The van der Waals surface area contributed by atoms with Crippen molar-refractivity contribution in [3.05, 3.63) is 23.2 Å². The number of rotatable bonds is 4. The number of hydrogen-bond acceptors (Lipinski definition) is 5. The highest BCUT2D eigenvalue weighted by molar-refractivity contribution is 7.99. The molecule has 1 aliphatic rings. The lowest BCUT2D eigenvalue weighted by atomic mass is 10.2. The van der Waals surface area contributed by atoms with Gasteiger partial charge in [-0.15, -0.1) is 23.7 Å². The summed E-state index contributed by atoms with van der Waals surface area (Å²) in [7, 11) is 0. The number of carbonyl (C=O) groups is 1. The average Bonchev–Trinajstić information content (AvgIpc) is 2.91. The number of amides is 1. The Bertz CT molecular complexity index is 668. The van der Waals surface area contributed by atoms with Crippen LogP contribution in [0, 0.1) is 0 Å². The van der Waals surface area contributed by atoms with E-state index in [-0.39, 0.29) is 18.3 Å². The van der Waals surface area contributed by atoms with Crippen molar-refractivity contribution in [1.29, 1.82) is 0 Å². The lowest BCUT2D eigenvalue weighted by Crippen LogP contribution is -2.39. The summed E-state index contributed by atoms with van der Waals surface area (Å²) in [6.07, 6.45) is 0.533. The summed E-state index contributed by atoms with van der Waals surface area (Å²) in [5, 5.41) is 7.54. The van der Waals surface area contributed by atoms with Crippen LogP contribution in [-0.2, 0) is 4.79 Å². The van der Waals surface area contributed by atoms with Gasteiger partial charge in [-0.25, -0.2) is 4.98 Å². The lowest BCUT2D eigenvalue weighted by Gasteiger charge is -2.22. The maximum atomic E-state index is 12.2. The van der Waals surface area contributed by atoms with Crippen molar-refractivity contribution in [1.82, 2.24) is 10.3 Å². The van der Waals surface area contributed by atoms with Crippen LogP contribution in [0.5, 0.6) is 0 Å². The third kappa shape index (κ3) is 4.83. The van der Waals surface area contributed by atoms with Gasteiger partial charge in [0.25, 0.3) is 0 Å². The Balaban J connectivity index is 0.00000192. The van der Waals surface area contributed by atoms with Crippen LogP contribution in [0.3, 0.4) is 0 Å². The van der Waals surface area contributed by atoms with Crippen LogP contribution in [-0.4, -0.2) is 35.0 Å². The summed E-state index contributed by atoms with van der Waals surface area (Å²) in [5.41, 5.74) is 1.87. The molecule has 1 atom stereocenters. The van der Waals surface area contributed by atoms with Gasteiger partial charge in [-0.1, -0.05) is 13.8 Å². The summed E-state index contributed by atoms with van der Waals surface area (Å²) in [5.74, 6) is 2.66. The maximum Gasteiger partial charge on any atom is 0.225 e. The van der Waals surface area contributed by atoms with Gasteiger partial charge in [0.05, 0.1) is 15.2 Å². The van der Waals surface area contributed by atoms with Gasteiger partial charge in [-0.3, -0.25) is 4.79 Å². The highest BCUT2D eigenvalue weighted by Crippen LogP contribution is 2.29. The molecule has 2 heterocycles. The molecule has 0 aliphatic carbocycles. The zero-order chi connectivity index (χ0) is 15.5. The van der Waals surface area contributed by atoms with Crippen molar-refractivity contribution in [2.75, 3.05) is 23.4 Å². The van der Waals surface area contributed by atoms with Gasteiger partial charge < -0.3 is 10.6 Å². The molecule has 0 spiro atoms. The number of thioether (sulfide) groups is 1. The second-order valence-electron chi connectivity index (χ2n) is 5.87. The molecule has 1 amide bonds. The van der Waals surface area contributed by atoms with E-state index in [0.29, 0.717) is 18.4 Å². The Labute approximate surface area is 151 Å². The molecule has 1 aromatic carbocycles. The van der Waals surface area contributed by atoms with Gasteiger partial charge in [0.2, 0.25) is 5.91 Å². The standard InChI is InChI=1S/C16H21N3OS2.ClH/c1-10(2)16-19-13-4-3-11(7-14(13)22-16)18-15(20)8-12-9-21-6-5-17-12;/h3-4,7,10,12,17H,5-6,8-9H2,1-2H3,(H,18,20);1H. The van der Waals surface area contributed by atoms with Crippen LogP contribution < -0.4 is 10.6 Å². The van der Waals surface area contributed by atoms with Gasteiger partial charge >= 0.3 is 0 Å². The SMILES string of the molecule is CC(C)c1nc2ccc(NC(=O)CC3CSCCN3)cc2s1.Cl. The number of carbonyl (C=O) groups excluding carboxylic acids is 1. The quantitative estimate of drug-likeness (QED) is 0.856.